The van der Waals surface area contributed by atoms with Crippen LogP contribution >= 0.6 is 11.8 Å². The van der Waals surface area contributed by atoms with E-state index in [1.54, 1.807) is 11.8 Å². The minimum absolute atomic E-state index is 0.640. The van der Waals surface area contributed by atoms with Gasteiger partial charge in [0.2, 0.25) is 0 Å². The Morgan fingerprint density at radius 2 is 1.83 bits per heavy atom. The molecule has 0 unspecified atom stereocenters. The molecule has 0 bridgehead atoms. The number of hydrogen-bond acceptors (Lipinski definition) is 5. The third-order valence-electron chi connectivity index (χ3n) is 5.17. The van der Waals surface area contributed by atoms with E-state index in [-0.39, 0.29) is 0 Å². The Kier molecular flexibility index (Phi) is 6.85. The van der Waals surface area contributed by atoms with Gasteiger partial charge in [-0.3, -0.25) is 9.47 Å². The van der Waals surface area contributed by atoms with Crippen LogP contribution in [0.3, 0.4) is 0 Å². The third-order valence-corrected chi connectivity index (χ3v) is 6.06. The van der Waals surface area contributed by atoms with Crippen molar-refractivity contribution in [2.45, 2.75) is 37.9 Å². The van der Waals surface area contributed by atoms with Crippen LogP contribution in [0.1, 0.15) is 31.2 Å². The first-order chi connectivity index (χ1) is 14.3. The summed E-state index contributed by atoms with van der Waals surface area (Å²) in [4.78, 5) is 2.46. The second-order valence-corrected chi connectivity index (χ2v) is 8.31. The first-order valence-electron chi connectivity index (χ1n) is 10.4. The van der Waals surface area contributed by atoms with E-state index in [1.807, 2.05) is 12.1 Å². The van der Waals surface area contributed by atoms with Crippen LogP contribution in [0.2, 0.25) is 0 Å². The quantitative estimate of drug-likeness (QED) is 0.382. The highest BCUT2D eigenvalue weighted by atomic mass is 32.2. The predicted octanol–water partition coefficient (Wildman–Crippen LogP) is 4.60. The fraction of sp³-hybridized carbons (Fsp3) is 0.391. The molecule has 0 spiro atoms. The van der Waals surface area contributed by atoms with Gasteiger partial charge in [0.25, 0.3) is 0 Å². The molecule has 0 atom stereocenters. The number of aryl methyl sites for hydroxylation is 1. The molecule has 0 amide bonds. The smallest absolute Gasteiger partial charge is 0.195 e. The van der Waals surface area contributed by atoms with Crippen molar-refractivity contribution in [2.75, 3.05) is 25.4 Å². The first kappa shape index (κ1) is 20.0. The molecule has 0 aliphatic carbocycles. The lowest BCUT2D eigenvalue weighted by atomic mass is 10.2. The van der Waals surface area contributed by atoms with Crippen molar-refractivity contribution in [3.05, 3.63) is 66.0 Å². The Hall–Kier alpha value is -2.31. The summed E-state index contributed by atoms with van der Waals surface area (Å²) in [6.07, 6.45) is 3.57. The van der Waals surface area contributed by atoms with Gasteiger partial charge < -0.3 is 4.74 Å². The van der Waals surface area contributed by atoms with E-state index < -0.39 is 0 Å². The molecule has 5 nitrogen and oxygen atoms in total. The fourth-order valence-electron chi connectivity index (χ4n) is 3.62. The number of nitrogens with zero attached hydrogens (tertiary/aromatic N) is 4. The summed E-state index contributed by atoms with van der Waals surface area (Å²) < 4.78 is 8.14. The Bertz CT molecular complexity index is 906. The number of para-hydroxylation sites is 1. The number of thioether (sulfide) groups is 1. The zero-order chi connectivity index (χ0) is 19.9. The molecule has 1 aliphatic rings. The average molecular weight is 409 g/mol. The minimum Gasteiger partial charge on any atom is -0.493 e. The molecular formula is C23H28N4OS. The van der Waals surface area contributed by atoms with Crippen LogP contribution in [0.4, 0.5) is 0 Å². The summed E-state index contributed by atoms with van der Waals surface area (Å²) in [6, 6.07) is 18.7. The maximum Gasteiger partial charge on any atom is 0.195 e. The second-order valence-electron chi connectivity index (χ2n) is 7.25. The van der Waals surface area contributed by atoms with Gasteiger partial charge in [-0.1, -0.05) is 49.0 Å². The van der Waals surface area contributed by atoms with Crippen LogP contribution in [-0.2, 0) is 13.0 Å². The van der Waals surface area contributed by atoms with Gasteiger partial charge in [0.05, 0.1) is 13.2 Å². The minimum atomic E-state index is 0.640. The fourth-order valence-corrected chi connectivity index (χ4v) is 4.41. The van der Waals surface area contributed by atoms with Crippen LogP contribution in [0.5, 0.6) is 5.75 Å². The number of hydrogen-bond donors (Lipinski definition) is 0. The molecule has 152 valence electrons. The van der Waals surface area contributed by atoms with Crippen molar-refractivity contribution in [1.29, 1.82) is 0 Å². The number of benzene rings is 2. The highest BCUT2D eigenvalue weighted by Gasteiger charge is 2.19. The maximum atomic E-state index is 5.94. The molecule has 3 aromatic rings. The molecule has 1 saturated heterocycles. The van der Waals surface area contributed by atoms with Gasteiger partial charge in [0, 0.05) is 11.4 Å². The zero-order valence-corrected chi connectivity index (χ0v) is 17.8. The standard InChI is InChI=1S/C23H28N4OS/c1-2-19-9-8-12-21(17-19)28-15-16-29-23-25-24-22(18-26-13-6-7-14-26)27(23)20-10-4-3-5-11-20/h3-5,8-12,17H,2,6-7,13-16,18H2,1H3. The molecule has 0 saturated carbocycles. The molecule has 6 heteroatoms. The predicted molar refractivity (Wildman–Crippen MR) is 118 cm³/mol. The lowest BCUT2D eigenvalue weighted by molar-refractivity contribution is 0.319. The van der Waals surface area contributed by atoms with Gasteiger partial charge in [-0.2, -0.15) is 0 Å². The molecular weight excluding hydrogens is 380 g/mol. The van der Waals surface area contributed by atoms with Gasteiger partial charge in [-0.15, -0.1) is 10.2 Å². The van der Waals surface area contributed by atoms with Crippen LogP contribution < -0.4 is 4.74 Å². The summed E-state index contributed by atoms with van der Waals surface area (Å²) in [5.41, 5.74) is 2.41. The topological polar surface area (TPSA) is 43.2 Å². The molecule has 1 aromatic heterocycles. The number of aromatic nitrogens is 3. The monoisotopic (exact) mass is 408 g/mol. The van der Waals surface area contributed by atoms with E-state index in [2.05, 4.69) is 69.1 Å². The second kappa shape index (κ2) is 9.94. The number of ether oxygens (including phenoxy) is 1. The van der Waals surface area contributed by atoms with Crippen LogP contribution in [0, 0.1) is 0 Å². The Balaban J connectivity index is 1.43. The zero-order valence-electron chi connectivity index (χ0n) is 17.0. The van der Waals surface area contributed by atoms with Crippen LogP contribution in [-0.4, -0.2) is 45.1 Å². The average Bonchev–Trinajstić information content (AvgIpc) is 3.42. The molecule has 0 radical (unpaired) electrons. The molecule has 2 aromatic carbocycles. The van der Waals surface area contributed by atoms with Gasteiger partial charge in [0.1, 0.15) is 5.75 Å². The first-order valence-corrected chi connectivity index (χ1v) is 11.4. The molecule has 0 N–H and O–H groups in total. The summed E-state index contributed by atoms with van der Waals surface area (Å²) in [6.45, 7) is 5.94. The Morgan fingerprint density at radius 3 is 2.62 bits per heavy atom. The van der Waals surface area contributed by atoms with Gasteiger partial charge >= 0.3 is 0 Å². The summed E-state index contributed by atoms with van der Waals surface area (Å²) in [7, 11) is 0. The van der Waals surface area contributed by atoms with E-state index in [9.17, 15) is 0 Å². The van der Waals surface area contributed by atoms with Crippen LogP contribution in [0.15, 0.2) is 59.8 Å². The van der Waals surface area contributed by atoms with Crippen molar-refractivity contribution < 1.29 is 4.74 Å². The van der Waals surface area contributed by atoms with Gasteiger partial charge in [-0.05, 0) is 62.2 Å². The summed E-state index contributed by atoms with van der Waals surface area (Å²) >= 11 is 1.70. The van der Waals surface area contributed by atoms with E-state index in [1.165, 1.54) is 18.4 Å². The summed E-state index contributed by atoms with van der Waals surface area (Å²) in [5.74, 6) is 2.77. The SMILES string of the molecule is CCc1cccc(OCCSc2nnc(CN3CCCC3)n2-c2ccccc2)c1. The molecule has 4 rings (SSSR count). The van der Waals surface area contributed by atoms with Crippen molar-refractivity contribution in [1.82, 2.24) is 19.7 Å². The van der Waals surface area contributed by atoms with Crippen molar-refractivity contribution in [3.63, 3.8) is 0 Å². The normalized spacial score (nSPS) is 14.4. The van der Waals surface area contributed by atoms with Gasteiger partial charge in [0.15, 0.2) is 11.0 Å². The summed E-state index contributed by atoms with van der Waals surface area (Å²) in [5, 5.41) is 9.95. The maximum absolute atomic E-state index is 5.94. The van der Waals surface area contributed by atoms with E-state index in [4.69, 9.17) is 4.74 Å². The Labute approximate surface area is 177 Å². The van der Waals surface area contributed by atoms with Crippen LogP contribution in [0.25, 0.3) is 5.69 Å². The molecule has 2 heterocycles. The largest absolute Gasteiger partial charge is 0.493 e. The Morgan fingerprint density at radius 1 is 1.00 bits per heavy atom. The third kappa shape index (κ3) is 5.19. The molecule has 29 heavy (non-hydrogen) atoms. The molecule has 1 fully saturated rings. The lowest BCUT2D eigenvalue weighted by Gasteiger charge is -2.16. The highest BCUT2D eigenvalue weighted by molar-refractivity contribution is 7.99. The molecule has 1 aliphatic heterocycles. The van der Waals surface area contributed by atoms with Crippen molar-refractivity contribution in [3.8, 4) is 11.4 Å². The highest BCUT2D eigenvalue weighted by Crippen LogP contribution is 2.24. The number of rotatable bonds is 9. The lowest BCUT2D eigenvalue weighted by Crippen LogP contribution is -2.21. The number of likely N-dealkylation sites (tertiary alicyclic amines) is 1. The van der Waals surface area contributed by atoms with Gasteiger partial charge in [-0.25, -0.2) is 0 Å². The van der Waals surface area contributed by atoms with Crippen molar-refractivity contribution in [2.24, 2.45) is 0 Å². The van der Waals surface area contributed by atoms with E-state index >= 15 is 0 Å². The van der Waals surface area contributed by atoms with E-state index in [0.717, 1.165) is 54.2 Å². The van der Waals surface area contributed by atoms with Crippen molar-refractivity contribution >= 4 is 11.8 Å². The van der Waals surface area contributed by atoms with E-state index in [0.29, 0.717) is 6.61 Å².